The van der Waals surface area contributed by atoms with Gasteiger partial charge in [-0.05, 0) is 96.8 Å². The quantitative estimate of drug-likeness (QED) is 0.175. The molecule has 0 unspecified atom stereocenters. The molecule has 2 N–H and O–H groups in total. The van der Waals surface area contributed by atoms with Crippen LogP contribution in [0.4, 0.5) is 17.1 Å². The number of anilines is 3. The largest absolute Gasteiger partial charge is 0.322 e. The Balaban J connectivity index is 1.14. The number of hydrogen-bond donors (Lipinski definition) is 2. The Morgan fingerprint density at radius 1 is 0.833 bits per heavy atom. The second-order valence-corrected chi connectivity index (χ2v) is 11.8. The molecule has 0 fully saturated rings. The van der Waals surface area contributed by atoms with Crippen LogP contribution in [0.5, 0.6) is 0 Å². The first-order valence-electron chi connectivity index (χ1n) is 14.9. The molecule has 1 heterocycles. The lowest BCUT2D eigenvalue weighted by Crippen LogP contribution is -2.27. The molecule has 3 amide bonds. The molecule has 6 rings (SSSR count). The van der Waals surface area contributed by atoms with Gasteiger partial charge in [-0.25, -0.2) is 0 Å². The summed E-state index contributed by atoms with van der Waals surface area (Å²) in [7, 11) is 1.59. The van der Waals surface area contributed by atoms with Gasteiger partial charge in [-0.3, -0.25) is 24.0 Å². The van der Waals surface area contributed by atoms with E-state index in [0.717, 1.165) is 4.88 Å². The zero-order valence-electron chi connectivity index (χ0n) is 25.9. The third kappa shape index (κ3) is 6.51. The SMILES string of the molecule is C/C1=C\C=C/c2cc(ns2)-c2cccc(NC(=O)c3ccc(NC(=O)c4ccc(N(C)C(=O)c5ccccc5C=O)cc4)cc3)c2C1=O. The average Bonchev–Trinajstić information content (AvgIpc) is 3.59. The third-order valence-electron chi connectivity index (χ3n) is 7.85. The average molecular weight is 653 g/mol. The van der Waals surface area contributed by atoms with E-state index in [1.165, 1.54) is 16.4 Å². The summed E-state index contributed by atoms with van der Waals surface area (Å²) in [6.45, 7) is 1.74. The molecular weight excluding hydrogens is 625 g/mol. The highest BCUT2D eigenvalue weighted by atomic mass is 32.1. The number of aldehydes is 1. The van der Waals surface area contributed by atoms with Crippen molar-refractivity contribution < 1.29 is 24.0 Å². The van der Waals surface area contributed by atoms with Crippen LogP contribution in [0.1, 0.15) is 63.6 Å². The minimum absolute atomic E-state index is 0.213. The lowest BCUT2D eigenvalue weighted by molar-refractivity contribution is 0.0984. The van der Waals surface area contributed by atoms with Crippen molar-refractivity contribution >= 4 is 64.5 Å². The topological polar surface area (TPSA) is 126 Å². The number of Topliss-reactive ketones (excluding diaryl/α,β-unsaturated/α-hetero) is 1. The number of benzene rings is 4. The Morgan fingerprint density at radius 3 is 2.25 bits per heavy atom. The molecule has 2 bridgehead atoms. The summed E-state index contributed by atoms with van der Waals surface area (Å²) >= 11 is 1.33. The molecule has 10 heteroatoms. The molecule has 0 saturated carbocycles. The molecule has 236 valence electrons. The van der Waals surface area contributed by atoms with E-state index < -0.39 is 5.91 Å². The Kier molecular flexibility index (Phi) is 9.00. The standard InChI is InChI=1S/C38H28N4O5S/c1-23-7-5-9-29-21-33(41-48-29)31-11-6-12-32(34(31)35(23)44)40-37(46)24-13-17-27(18-14-24)39-36(45)25-15-19-28(20-16-25)42(2)38(47)30-10-4-3-8-26(30)22-43/h3-22H,1-2H3,(H,39,45)(H,40,46)/b9-5-,23-7+. The minimum Gasteiger partial charge on any atom is -0.322 e. The van der Waals surface area contributed by atoms with Gasteiger partial charge in [-0.15, -0.1) is 0 Å². The Hall–Kier alpha value is -6.26. The van der Waals surface area contributed by atoms with E-state index in [0.29, 0.717) is 62.4 Å². The number of ketones is 1. The molecule has 1 aromatic heterocycles. The van der Waals surface area contributed by atoms with E-state index in [1.807, 2.05) is 24.3 Å². The van der Waals surface area contributed by atoms with E-state index >= 15 is 0 Å². The maximum atomic E-state index is 13.5. The van der Waals surface area contributed by atoms with Gasteiger partial charge in [-0.1, -0.05) is 42.5 Å². The van der Waals surface area contributed by atoms with Gasteiger partial charge in [0, 0.05) is 45.6 Å². The van der Waals surface area contributed by atoms with Gasteiger partial charge < -0.3 is 15.5 Å². The van der Waals surface area contributed by atoms with Crippen molar-refractivity contribution in [3.8, 4) is 11.3 Å². The lowest BCUT2D eigenvalue weighted by Gasteiger charge is -2.18. The molecule has 1 aliphatic rings. The number of carbonyl (C=O) groups excluding carboxylic acids is 5. The van der Waals surface area contributed by atoms with E-state index in [9.17, 15) is 24.0 Å². The Labute approximate surface area is 280 Å². The first kappa shape index (κ1) is 31.7. The fourth-order valence-corrected chi connectivity index (χ4v) is 5.86. The summed E-state index contributed by atoms with van der Waals surface area (Å²) in [5.41, 5.74) is 4.84. The third-order valence-corrected chi connectivity index (χ3v) is 8.61. The van der Waals surface area contributed by atoms with Gasteiger partial charge in [0.25, 0.3) is 17.7 Å². The zero-order chi connectivity index (χ0) is 33.8. The van der Waals surface area contributed by atoms with E-state index in [2.05, 4.69) is 15.0 Å². The summed E-state index contributed by atoms with van der Waals surface area (Å²) in [4.78, 5) is 66.5. The molecule has 5 aromatic rings. The summed E-state index contributed by atoms with van der Waals surface area (Å²) in [6.07, 6.45) is 6.10. The molecule has 0 saturated heterocycles. The van der Waals surface area contributed by atoms with Crippen LogP contribution in [0.15, 0.2) is 115 Å². The van der Waals surface area contributed by atoms with Gasteiger partial charge >= 0.3 is 0 Å². The molecule has 4 aromatic carbocycles. The highest BCUT2D eigenvalue weighted by Gasteiger charge is 2.23. The number of aromatic nitrogens is 1. The monoisotopic (exact) mass is 652 g/mol. The second kappa shape index (κ2) is 13.6. The van der Waals surface area contributed by atoms with Crippen molar-refractivity contribution in [3.63, 3.8) is 0 Å². The fraction of sp³-hybridized carbons (Fsp3) is 0.0526. The fourth-order valence-electron chi connectivity index (χ4n) is 5.20. The number of nitrogens with one attached hydrogen (secondary N) is 2. The Morgan fingerprint density at radius 2 is 1.52 bits per heavy atom. The summed E-state index contributed by atoms with van der Waals surface area (Å²) in [6, 6.07) is 26.6. The highest BCUT2D eigenvalue weighted by Crippen LogP contribution is 2.33. The lowest BCUT2D eigenvalue weighted by atomic mass is 9.94. The second-order valence-electron chi connectivity index (χ2n) is 11.0. The molecule has 0 atom stereocenters. The van der Waals surface area contributed by atoms with Crippen LogP contribution < -0.4 is 15.5 Å². The highest BCUT2D eigenvalue weighted by molar-refractivity contribution is 7.07. The van der Waals surface area contributed by atoms with Crippen LogP contribution in [0, 0.1) is 0 Å². The molecule has 0 spiro atoms. The first-order valence-corrected chi connectivity index (χ1v) is 15.7. The maximum Gasteiger partial charge on any atom is 0.258 e. The van der Waals surface area contributed by atoms with Gasteiger partial charge in [0.2, 0.25) is 0 Å². The van der Waals surface area contributed by atoms with E-state index in [1.54, 1.807) is 105 Å². The molecule has 0 radical (unpaired) electrons. The van der Waals surface area contributed by atoms with Crippen LogP contribution >= 0.6 is 11.5 Å². The molecule has 48 heavy (non-hydrogen) atoms. The number of rotatable bonds is 7. The number of amides is 3. The number of hydrogen-bond acceptors (Lipinski definition) is 7. The summed E-state index contributed by atoms with van der Waals surface area (Å²) < 4.78 is 4.51. The van der Waals surface area contributed by atoms with Gasteiger partial charge in [0.1, 0.15) is 0 Å². The normalized spacial score (nSPS) is 13.7. The predicted octanol–water partition coefficient (Wildman–Crippen LogP) is 7.56. The smallest absolute Gasteiger partial charge is 0.258 e. The van der Waals surface area contributed by atoms with Crippen LogP contribution in [0.3, 0.4) is 0 Å². The first-order chi connectivity index (χ1) is 23.2. The van der Waals surface area contributed by atoms with E-state index in [-0.39, 0.29) is 23.2 Å². The number of nitrogens with zero attached hydrogens (tertiary/aromatic N) is 2. The zero-order valence-corrected chi connectivity index (χ0v) is 26.7. The van der Waals surface area contributed by atoms with Crippen LogP contribution in [0.25, 0.3) is 17.3 Å². The summed E-state index contributed by atoms with van der Waals surface area (Å²) in [5, 5.41) is 5.69. The maximum absolute atomic E-state index is 13.5. The van der Waals surface area contributed by atoms with Crippen molar-refractivity contribution in [2.45, 2.75) is 6.92 Å². The van der Waals surface area contributed by atoms with Crippen molar-refractivity contribution in [3.05, 3.63) is 147 Å². The number of fused-ring (bicyclic) bond motifs is 4. The van der Waals surface area contributed by atoms with Gasteiger partial charge in [0.05, 0.1) is 22.5 Å². The van der Waals surface area contributed by atoms with Crippen LogP contribution in [-0.4, -0.2) is 41.2 Å². The van der Waals surface area contributed by atoms with Crippen molar-refractivity contribution in [1.29, 1.82) is 0 Å². The van der Waals surface area contributed by atoms with Gasteiger partial charge in [-0.2, -0.15) is 4.37 Å². The predicted molar refractivity (Wildman–Crippen MR) is 188 cm³/mol. The van der Waals surface area contributed by atoms with Crippen molar-refractivity contribution in [1.82, 2.24) is 4.37 Å². The number of allylic oxidation sites excluding steroid dienone is 3. The van der Waals surface area contributed by atoms with Gasteiger partial charge in [0.15, 0.2) is 12.1 Å². The molecule has 1 aliphatic carbocycles. The summed E-state index contributed by atoms with van der Waals surface area (Å²) in [5.74, 6) is -1.36. The van der Waals surface area contributed by atoms with E-state index in [4.69, 9.17) is 0 Å². The van der Waals surface area contributed by atoms with Crippen molar-refractivity contribution in [2.75, 3.05) is 22.6 Å². The Bertz CT molecular complexity index is 2150. The minimum atomic E-state index is -0.420. The number of carbonyl (C=O) groups is 5. The van der Waals surface area contributed by atoms with Crippen LogP contribution in [-0.2, 0) is 0 Å². The van der Waals surface area contributed by atoms with Crippen LogP contribution in [0.2, 0.25) is 0 Å². The van der Waals surface area contributed by atoms with Crippen molar-refractivity contribution in [2.24, 2.45) is 0 Å². The molecule has 9 nitrogen and oxygen atoms in total. The molecule has 0 aliphatic heterocycles. The molecular formula is C38H28N4O5S.